The van der Waals surface area contributed by atoms with Gasteiger partial charge in [-0.05, 0) is 97.1 Å². The number of para-hydroxylation sites is 2. The highest BCUT2D eigenvalue weighted by molar-refractivity contribution is 6.31. The van der Waals surface area contributed by atoms with Gasteiger partial charge in [0, 0.05) is 33.0 Å². The van der Waals surface area contributed by atoms with Crippen molar-refractivity contribution in [2.24, 2.45) is 10.1 Å². The molecular weight excluding hydrogens is 613 g/mol. The highest BCUT2D eigenvalue weighted by Crippen LogP contribution is 2.21. The van der Waals surface area contributed by atoms with Gasteiger partial charge < -0.3 is 9.47 Å². The number of nitrogens with one attached hydrogen (secondary N) is 1. The molecule has 10 heteroatoms. The highest BCUT2D eigenvalue weighted by atomic mass is 35.5. The van der Waals surface area contributed by atoms with Gasteiger partial charge in [0.2, 0.25) is 0 Å². The number of carbonyl (C=O) groups excluding carboxylic acids is 3. The average molecular weight is 636 g/mol. The highest BCUT2D eigenvalue weighted by Gasteiger charge is 2.12. The van der Waals surface area contributed by atoms with Crippen molar-refractivity contribution in [1.29, 1.82) is 0 Å². The fourth-order valence-corrected chi connectivity index (χ4v) is 4.17. The summed E-state index contributed by atoms with van der Waals surface area (Å²) < 4.78 is 11.1. The predicted octanol–water partition coefficient (Wildman–Crippen LogP) is 7.95. The standard InChI is InChI=1S/C35H23Cl2N3O5/c36-28-15-9-24(10-16-28)34(42)44-31-7-3-1-5-26(31)21-38-30-19-13-23(14-20-30)33(41)40-39-22-27-6-2-4-8-32(27)45-35(43)25-11-17-29(37)18-12-25/h1-22H,(H,40,41). The minimum atomic E-state index is -0.554. The lowest BCUT2D eigenvalue weighted by Gasteiger charge is -2.07. The predicted molar refractivity (Wildman–Crippen MR) is 174 cm³/mol. The fraction of sp³-hybridized carbons (Fsp3) is 0. The van der Waals surface area contributed by atoms with Crippen LogP contribution in [0.5, 0.6) is 11.5 Å². The number of carbonyl (C=O) groups is 3. The average Bonchev–Trinajstić information content (AvgIpc) is 3.06. The maximum atomic E-state index is 12.7. The molecule has 0 spiro atoms. The summed E-state index contributed by atoms with van der Waals surface area (Å²) >= 11 is 11.8. The molecule has 0 aromatic heterocycles. The van der Waals surface area contributed by atoms with Crippen LogP contribution in [0.25, 0.3) is 0 Å². The summed E-state index contributed by atoms with van der Waals surface area (Å²) in [4.78, 5) is 42.2. The molecule has 5 aromatic rings. The van der Waals surface area contributed by atoms with E-state index in [0.717, 1.165) is 0 Å². The smallest absolute Gasteiger partial charge is 0.343 e. The molecule has 5 aromatic carbocycles. The largest absolute Gasteiger partial charge is 0.422 e. The van der Waals surface area contributed by atoms with Crippen molar-refractivity contribution in [3.05, 3.63) is 159 Å². The third-order valence-electron chi connectivity index (χ3n) is 6.26. The second-order valence-electron chi connectivity index (χ2n) is 9.37. The number of hydrogen-bond donors (Lipinski definition) is 1. The van der Waals surface area contributed by atoms with Crippen LogP contribution in [0, 0.1) is 0 Å². The Bertz CT molecular complexity index is 1890. The number of benzene rings is 5. The molecule has 1 amide bonds. The topological polar surface area (TPSA) is 106 Å². The number of halogens is 2. The molecule has 0 saturated carbocycles. The molecule has 8 nitrogen and oxygen atoms in total. The number of rotatable bonds is 9. The summed E-state index contributed by atoms with van der Waals surface area (Å²) in [5, 5.41) is 5.05. The van der Waals surface area contributed by atoms with Crippen LogP contribution in [0.1, 0.15) is 42.2 Å². The van der Waals surface area contributed by atoms with Crippen molar-refractivity contribution < 1.29 is 23.9 Å². The van der Waals surface area contributed by atoms with Gasteiger partial charge in [-0.3, -0.25) is 9.79 Å². The molecule has 0 fully saturated rings. The molecule has 222 valence electrons. The molecule has 5 rings (SSSR count). The molecule has 0 radical (unpaired) electrons. The first-order valence-electron chi connectivity index (χ1n) is 13.5. The molecule has 1 N–H and O–H groups in total. The zero-order valence-corrected chi connectivity index (χ0v) is 24.9. The first kappa shape index (κ1) is 30.9. The van der Waals surface area contributed by atoms with Gasteiger partial charge >= 0.3 is 11.9 Å². The molecule has 0 saturated heterocycles. The van der Waals surface area contributed by atoms with Crippen LogP contribution in [0.3, 0.4) is 0 Å². The first-order chi connectivity index (χ1) is 21.9. The Morgan fingerprint density at radius 3 is 1.51 bits per heavy atom. The fourth-order valence-electron chi connectivity index (χ4n) is 3.92. The normalized spacial score (nSPS) is 11.0. The molecule has 0 aliphatic carbocycles. The minimum Gasteiger partial charge on any atom is -0.422 e. The molecule has 0 heterocycles. The van der Waals surface area contributed by atoms with Gasteiger partial charge in [0.25, 0.3) is 5.91 Å². The van der Waals surface area contributed by atoms with Gasteiger partial charge in [0.05, 0.1) is 23.0 Å². The van der Waals surface area contributed by atoms with E-state index in [1.165, 1.54) is 6.21 Å². The van der Waals surface area contributed by atoms with Gasteiger partial charge in [-0.2, -0.15) is 5.10 Å². The Morgan fingerprint density at radius 2 is 1.00 bits per heavy atom. The van der Waals surface area contributed by atoms with Crippen LogP contribution in [0.4, 0.5) is 5.69 Å². The van der Waals surface area contributed by atoms with E-state index in [1.54, 1.807) is 128 Å². The number of amides is 1. The lowest BCUT2D eigenvalue weighted by Crippen LogP contribution is -2.17. The summed E-state index contributed by atoms with van der Waals surface area (Å²) in [6, 6.07) is 33.1. The van der Waals surface area contributed by atoms with Crippen molar-refractivity contribution in [3.8, 4) is 11.5 Å². The van der Waals surface area contributed by atoms with Gasteiger partial charge in [0.15, 0.2) is 0 Å². The van der Waals surface area contributed by atoms with Gasteiger partial charge in [-0.25, -0.2) is 15.0 Å². The molecule has 0 bridgehead atoms. The van der Waals surface area contributed by atoms with Crippen molar-refractivity contribution in [2.45, 2.75) is 0 Å². The van der Waals surface area contributed by atoms with Crippen molar-refractivity contribution in [1.82, 2.24) is 5.43 Å². The van der Waals surface area contributed by atoms with Crippen molar-refractivity contribution >= 4 is 59.2 Å². The van der Waals surface area contributed by atoms with Gasteiger partial charge in [-0.1, -0.05) is 47.5 Å². The van der Waals surface area contributed by atoms with Crippen LogP contribution >= 0.6 is 23.2 Å². The number of hydrogen-bond acceptors (Lipinski definition) is 7. The van der Waals surface area contributed by atoms with E-state index in [2.05, 4.69) is 15.5 Å². The van der Waals surface area contributed by atoms with Crippen molar-refractivity contribution in [3.63, 3.8) is 0 Å². The van der Waals surface area contributed by atoms with Crippen LogP contribution in [-0.2, 0) is 0 Å². The molecule has 45 heavy (non-hydrogen) atoms. The number of esters is 2. The van der Waals surface area contributed by atoms with Crippen LogP contribution in [-0.4, -0.2) is 30.3 Å². The van der Waals surface area contributed by atoms with Gasteiger partial charge in [0.1, 0.15) is 11.5 Å². The Kier molecular flexibility index (Phi) is 10.1. The first-order valence-corrected chi connectivity index (χ1v) is 14.2. The van der Waals surface area contributed by atoms with E-state index in [0.29, 0.717) is 49.3 Å². The molecule has 0 aliphatic heterocycles. The number of nitrogens with zero attached hydrogens (tertiary/aromatic N) is 2. The van der Waals surface area contributed by atoms with E-state index in [1.807, 2.05) is 0 Å². The number of hydrazone groups is 1. The summed E-state index contributed by atoms with van der Waals surface area (Å²) in [7, 11) is 0. The Hall–Kier alpha value is -5.57. The van der Waals surface area contributed by atoms with E-state index in [-0.39, 0.29) is 5.75 Å². The van der Waals surface area contributed by atoms with Crippen LogP contribution in [0.2, 0.25) is 10.0 Å². The SMILES string of the molecule is O=C(NN=Cc1ccccc1OC(=O)c1ccc(Cl)cc1)c1ccc(N=Cc2ccccc2OC(=O)c2ccc(Cl)cc2)cc1. The van der Waals surface area contributed by atoms with E-state index >= 15 is 0 Å². The molecule has 0 unspecified atom stereocenters. The van der Waals surface area contributed by atoms with Crippen molar-refractivity contribution in [2.75, 3.05) is 0 Å². The minimum absolute atomic E-state index is 0.277. The lowest BCUT2D eigenvalue weighted by atomic mass is 10.2. The van der Waals surface area contributed by atoms with Crippen LogP contribution in [0.15, 0.2) is 131 Å². The van der Waals surface area contributed by atoms with E-state index < -0.39 is 17.8 Å². The third kappa shape index (κ3) is 8.51. The van der Waals surface area contributed by atoms with Gasteiger partial charge in [-0.15, -0.1) is 0 Å². The molecule has 0 atom stereocenters. The maximum absolute atomic E-state index is 12.7. The molecule has 0 aliphatic rings. The Morgan fingerprint density at radius 1 is 0.556 bits per heavy atom. The monoisotopic (exact) mass is 635 g/mol. The van der Waals surface area contributed by atoms with Crippen LogP contribution < -0.4 is 14.9 Å². The zero-order valence-electron chi connectivity index (χ0n) is 23.4. The second kappa shape index (κ2) is 14.7. The summed E-state index contributed by atoms with van der Waals surface area (Å²) in [6.07, 6.45) is 2.96. The second-order valence-corrected chi connectivity index (χ2v) is 10.2. The number of ether oxygens (including phenoxy) is 2. The number of aliphatic imine (C=N–C) groups is 1. The zero-order chi connectivity index (χ0) is 31.6. The lowest BCUT2D eigenvalue weighted by molar-refractivity contribution is 0.0725. The summed E-state index contributed by atoms with van der Waals surface area (Å²) in [6.45, 7) is 0. The maximum Gasteiger partial charge on any atom is 0.343 e. The van der Waals surface area contributed by atoms with E-state index in [4.69, 9.17) is 32.7 Å². The Labute approximate surface area is 268 Å². The quantitative estimate of drug-likeness (QED) is 0.0765. The summed E-state index contributed by atoms with van der Waals surface area (Å²) in [5.74, 6) is -0.901. The third-order valence-corrected chi connectivity index (χ3v) is 6.76. The molecular formula is C35H23Cl2N3O5. The van der Waals surface area contributed by atoms with E-state index in [9.17, 15) is 14.4 Å². The Balaban J connectivity index is 1.19. The summed E-state index contributed by atoms with van der Waals surface area (Å²) in [5.41, 5.74) is 5.18.